The average Bonchev–Trinajstić information content (AvgIpc) is 2.54. The minimum absolute atomic E-state index is 0.00117. The van der Waals surface area contributed by atoms with E-state index >= 15 is 0 Å². The van der Waals surface area contributed by atoms with E-state index in [0.29, 0.717) is 12.8 Å². The van der Waals surface area contributed by atoms with Crippen molar-refractivity contribution in [1.29, 1.82) is 0 Å². The number of nitrogens with zero attached hydrogens (tertiary/aromatic N) is 1. The Kier molecular flexibility index (Phi) is 5.34. The van der Waals surface area contributed by atoms with Crippen LogP contribution in [-0.2, 0) is 16.0 Å². The highest BCUT2D eigenvalue weighted by molar-refractivity contribution is 5.82. The van der Waals surface area contributed by atoms with E-state index in [-0.39, 0.29) is 25.6 Å². The Hall–Kier alpha value is -1.56. The van der Waals surface area contributed by atoms with Gasteiger partial charge in [0.2, 0.25) is 0 Å². The quantitative estimate of drug-likeness (QED) is 0.847. The lowest BCUT2D eigenvalue weighted by molar-refractivity contribution is -0.201. The van der Waals surface area contributed by atoms with Crippen LogP contribution in [0, 0.1) is 5.92 Å². The molecule has 0 bridgehead atoms. The normalized spacial score (nSPS) is 23.6. The number of amides is 1. The molecule has 6 heteroatoms. The second-order valence-electron chi connectivity index (χ2n) is 6.08. The molecule has 3 nitrogen and oxygen atoms in total. The summed E-state index contributed by atoms with van der Waals surface area (Å²) in [6.45, 7) is 3.96. The van der Waals surface area contributed by atoms with Gasteiger partial charge in [0.15, 0.2) is 0 Å². The SMILES string of the molecule is CCC1(C(C)Cc2ccccc2)CN(C(=O)C(F)(F)F)CCO1. The minimum Gasteiger partial charge on any atom is -0.371 e. The largest absolute Gasteiger partial charge is 0.471 e. The highest BCUT2D eigenvalue weighted by Crippen LogP contribution is 2.34. The third-order valence-corrected chi connectivity index (χ3v) is 4.62. The molecule has 0 N–H and O–H groups in total. The van der Waals surface area contributed by atoms with Crippen molar-refractivity contribution < 1.29 is 22.7 Å². The van der Waals surface area contributed by atoms with Crippen LogP contribution < -0.4 is 0 Å². The van der Waals surface area contributed by atoms with Gasteiger partial charge in [-0.1, -0.05) is 44.2 Å². The zero-order valence-corrected chi connectivity index (χ0v) is 13.4. The van der Waals surface area contributed by atoms with Crippen molar-refractivity contribution in [3.8, 4) is 0 Å². The van der Waals surface area contributed by atoms with E-state index in [0.717, 1.165) is 10.5 Å². The van der Waals surface area contributed by atoms with Gasteiger partial charge in [-0.05, 0) is 24.3 Å². The number of halogens is 3. The van der Waals surface area contributed by atoms with Gasteiger partial charge >= 0.3 is 12.1 Å². The molecule has 0 spiro atoms. The van der Waals surface area contributed by atoms with Crippen LogP contribution in [0.15, 0.2) is 30.3 Å². The molecule has 2 rings (SSSR count). The van der Waals surface area contributed by atoms with Crippen LogP contribution in [0.4, 0.5) is 13.2 Å². The van der Waals surface area contributed by atoms with Crippen molar-refractivity contribution in [1.82, 2.24) is 4.90 Å². The van der Waals surface area contributed by atoms with Gasteiger partial charge in [-0.2, -0.15) is 13.2 Å². The van der Waals surface area contributed by atoms with Crippen molar-refractivity contribution >= 4 is 5.91 Å². The standard InChI is InChI=1S/C17H22F3NO2/c1-3-16(13(2)11-14-7-5-4-6-8-14)12-21(9-10-23-16)15(22)17(18,19)20/h4-8,13H,3,9-12H2,1-2H3. The molecule has 23 heavy (non-hydrogen) atoms. The van der Waals surface area contributed by atoms with Crippen molar-refractivity contribution in [2.75, 3.05) is 19.7 Å². The highest BCUT2D eigenvalue weighted by Gasteiger charge is 2.48. The number of alkyl halides is 3. The lowest BCUT2D eigenvalue weighted by atomic mass is 9.80. The van der Waals surface area contributed by atoms with Gasteiger partial charge in [0.05, 0.1) is 18.8 Å². The fraction of sp³-hybridized carbons (Fsp3) is 0.588. The predicted octanol–water partition coefficient (Wildman–Crippen LogP) is 3.44. The molecule has 1 amide bonds. The number of benzene rings is 1. The number of carbonyl (C=O) groups is 1. The van der Waals surface area contributed by atoms with Crippen LogP contribution in [0.1, 0.15) is 25.8 Å². The molecule has 0 aromatic heterocycles. The second kappa shape index (κ2) is 6.91. The van der Waals surface area contributed by atoms with Gasteiger partial charge in [-0.3, -0.25) is 4.79 Å². The first kappa shape index (κ1) is 17.8. The minimum atomic E-state index is -4.83. The van der Waals surface area contributed by atoms with Gasteiger partial charge in [-0.25, -0.2) is 0 Å². The summed E-state index contributed by atoms with van der Waals surface area (Å²) in [5.74, 6) is -1.77. The Morgan fingerprint density at radius 3 is 2.57 bits per heavy atom. The van der Waals surface area contributed by atoms with Gasteiger partial charge in [0.1, 0.15) is 0 Å². The molecular formula is C17H22F3NO2. The molecule has 1 aliphatic heterocycles. The lowest BCUT2D eigenvalue weighted by Gasteiger charge is -2.46. The molecule has 1 aromatic rings. The van der Waals surface area contributed by atoms with Crippen molar-refractivity contribution in [2.45, 2.75) is 38.5 Å². The molecule has 128 valence electrons. The summed E-state index contributed by atoms with van der Waals surface area (Å²) in [4.78, 5) is 12.4. The molecule has 1 aliphatic rings. The Labute approximate surface area is 134 Å². The Balaban J connectivity index is 2.14. The van der Waals surface area contributed by atoms with Gasteiger partial charge in [-0.15, -0.1) is 0 Å². The van der Waals surface area contributed by atoms with E-state index in [9.17, 15) is 18.0 Å². The average molecular weight is 329 g/mol. The van der Waals surface area contributed by atoms with Crippen LogP contribution in [0.5, 0.6) is 0 Å². The maximum atomic E-state index is 12.7. The van der Waals surface area contributed by atoms with Crippen LogP contribution in [-0.4, -0.2) is 42.3 Å². The smallest absolute Gasteiger partial charge is 0.371 e. The number of ether oxygens (including phenoxy) is 1. The first-order chi connectivity index (χ1) is 10.8. The molecule has 2 atom stereocenters. The van der Waals surface area contributed by atoms with E-state index in [4.69, 9.17) is 4.74 Å². The van der Waals surface area contributed by atoms with E-state index in [1.54, 1.807) is 0 Å². The van der Waals surface area contributed by atoms with Gasteiger partial charge in [0, 0.05) is 6.54 Å². The molecule has 0 radical (unpaired) electrons. The molecule has 1 aromatic carbocycles. The number of rotatable bonds is 4. The highest BCUT2D eigenvalue weighted by atomic mass is 19.4. The maximum absolute atomic E-state index is 12.7. The number of hydrogen-bond acceptors (Lipinski definition) is 2. The predicted molar refractivity (Wildman–Crippen MR) is 80.9 cm³/mol. The van der Waals surface area contributed by atoms with Crippen molar-refractivity contribution in [3.05, 3.63) is 35.9 Å². The third kappa shape index (κ3) is 4.05. The Bertz CT molecular complexity index is 532. The maximum Gasteiger partial charge on any atom is 0.471 e. The Morgan fingerprint density at radius 2 is 2.00 bits per heavy atom. The van der Waals surface area contributed by atoms with E-state index in [1.807, 2.05) is 44.2 Å². The fourth-order valence-corrected chi connectivity index (χ4v) is 3.17. The summed E-state index contributed by atoms with van der Waals surface area (Å²) in [5.41, 5.74) is 0.366. The summed E-state index contributed by atoms with van der Waals surface area (Å²) in [6, 6.07) is 9.76. The van der Waals surface area contributed by atoms with Gasteiger partial charge < -0.3 is 9.64 Å². The summed E-state index contributed by atoms with van der Waals surface area (Å²) in [6.07, 6.45) is -3.58. The molecule has 1 heterocycles. The van der Waals surface area contributed by atoms with Crippen LogP contribution in [0.25, 0.3) is 0 Å². The van der Waals surface area contributed by atoms with Crippen LogP contribution in [0.3, 0.4) is 0 Å². The number of hydrogen-bond donors (Lipinski definition) is 0. The molecule has 0 aliphatic carbocycles. The first-order valence-electron chi connectivity index (χ1n) is 7.82. The summed E-state index contributed by atoms with van der Waals surface area (Å²) < 4.78 is 44.0. The summed E-state index contributed by atoms with van der Waals surface area (Å²) in [5, 5.41) is 0. The van der Waals surface area contributed by atoms with E-state index in [2.05, 4.69) is 0 Å². The number of morpholine rings is 1. The third-order valence-electron chi connectivity index (χ3n) is 4.62. The lowest BCUT2D eigenvalue weighted by Crippen LogP contribution is -2.59. The molecule has 1 fully saturated rings. The Morgan fingerprint density at radius 1 is 1.35 bits per heavy atom. The first-order valence-corrected chi connectivity index (χ1v) is 7.82. The van der Waals surface area contributed by atoms with Crippen molar-refractivity contribution in [3.63, 3.8) is 0 Å². The van der Waals surface area contributed by atoms with Crippen molar-refractivity contribution in [2.24, 2.45) is 5.92 Å². The van der Waals surface area contributed by atoms with Crippen LogP contribution in [0.2, 0.25) is 0 Å². The number of carbonyl (C=O) groups excluding carboxylic acids is 1. The molecule has 1 saturated heterocycles. The monoisotopic (exact) mass is 329 g/mol. The van der Waals surface area contributed by atoms with Gasteiger partial charge in [0.25, 0.3) is 0 Å². The van der Waals surface area contributed by atoms with E-state index < -0.39 is 17.7 Å². The second-order valence-corrected chi connectivity index (χ2v) is 6.08. The molecular weight excluding hydrogens is 307 g/mol. The topological polar surface area (TPSA) is 29.5 Å². The molecule has 2 unspecified atom stereocenters. The molecule has 0 saturated carbocycles. The van der Waals surface area contributed by atoms with E-state index in [1.165, 1.54) is 0 Å². The zero-order chi connectivity index (χ0) is 17.1. The zero-order valence-electron chi connectivity index (χ0n) is 13.4. The summed E-state index contributed by atoms with van der Waals surface area (Å²) in [7, 11) is 0. The van der Waals surface area contributed by atoms with Crippen LogP contribution >= 0.6 is 0 Å². The summed E-state index contributed by atoms with van der Waals surface area (Å²) >= 11 is 0. The fourth-order valence-electron chi connectivity index (χ4n) is 3.17.